The van der Waals surface area contributed by atoms with Crippen molar-refractivity contribution in [2.45, 2.75) is 46.5 Å². The predicted molar refractivity (Wildman–Crippen MR) is 66.1 cm³/mol. The third-order valence-corrected chi connectivity index (χ3v) is 2.62. The number of nitrogens with zero attached hydrogens (tertiary/aromatic N) is 1. The van der Waals surface area contributed by atoms with Crippen molar-refractivity contribution in [1.82, 2.24) is 4.98 Å². The monoisotopic (exact) mass is 203 g/mol. The third kappa shape index (κ3) is 4.28. The van der Waals surface area contributed by atoms with Gasteiger partial charge in [0.1, 0.15) is 0 Å². The number of hydrogen-bond acceptors (Lipinski definition) is 1. The first-order valence-corrected chi connectivity index (χ1v) is 5.64. The van der Waals surface area contributed by atoms with E-state index in [1.807, 2.05) is 12.4 Å². The van der Waals surface area contributed by atoms with Crippen molar-refractivity contribution in [3.8, 4) is 0 Å². The Balaban J connectivity index is 2.54. The molecule has 0 spiro atoms. The van der Waals surface area contributed by atoms with Gasteiger partial charge in [0.05, 0.1) is 0 Å². The summed E-state index contributed by atoms with van der Waals surface area (Å²) >= 11 is 0. The lowest BCUT2D eigenvalue weighted by atomic mass is 9.96. The minimum absolute atomic E-state index is 0.605. The second-order valence-corrected chi connectivity index (χ2v) is 4.56. The minimum Gasteiger partial charge on any atom is -0.264 e. The molecule has 1 nitrogen and oxygen atoms in total. The molecule has 1 aromatic heterocycles. The lowest BCUT2D eigenvalue weighted by Gasteiger charge is -2.10. The number of pyridine rings is 1. The van der Waals surface area contributed by atoms with E-state index in [4.69, 9.17) is 0 Å². The average molecular weight is 203 g/mol. The van der Waals surface area contributed by atoms with Crippen LogP contribution in [0.5, 0.6) is 0 Å². The van der Waals surface area contributed by atoms with Crippen molar-refractivity contribution in [2.24, 2.45) is 0 Å². The van der Waals surface area contributed by atoms with Crippen molar-refractivity contribution in [1.29, 1.82) is 0 Å². The van der Waals surface area contributed by atoms with Crippen LogP contribution in [0.4, 0.5) is 0 Å². The molecule has 82 valence electrons. The second kappa shape index (κ2) is 5.69. The van der Waals surface area contributed by atoms with Gasteiger partial charge in [0.2, 0.25) is 0 Å². The van der Waals surface area contributed by atoms with Crippen LogP contribution in [0.1, 0.15) is 50.7 Å². The maximum absolute atomic E-state index is 4.23. The number of rotatable bonds is 4. The summed E-state index contributed by atoms with van der Waals surface area (Å²) in [4.78, 5) is 4.23. The van der Waals surface area contributed by atoms with Gasteiger partial charge in [0.15, 0.2) is 0 Å². The molecule has 0 aliphatic rings. The van der Waals surface area contributed by atoms with Gasteiger partial charge >= 0.3 is 0 Å². The molecule has 0 saturated heterocycles. The van der Waals surface area contributed by atoms with Crippen LogP contribution in [-0.4, -0.2) is 4.98 Å². The smallest absolute Gasteiger partial charge is 0.0302 e. The molecule has 1 heteroatoms. The van der Waals surface area contributed by atoms with E-state index in [1.54, 1.807) is 0 Å². The zero-order valence-electron chi connectivity index (χ0n) is 10.2. The Bertz CT molecular complexity index is 335. The molecule has 1 atom stereocenters. The Morgan fingerprint density at radius 3 is 2.73 bits per heavy atom. The Morgan fingerprint density at radius 1 is 1.40 bits per heavy atom. The minimum atomic E-state index is 0.605. The number of allylic oxidation sites excluding steroid dienone is 2. The fourth-order valence-electron chi connectivity index (χ4n) is 1.64. The largest absolute Gasteiger partial charge is 0.264 e. The molecule has 0 radical (unpaired) electrons. The van der Waals surface area contributed by atoms with Crippen LogP contribution in [0.25, 0.3) is 0 Å². The van der Waals surface area contributed by atoms with Crippen molar-refractivity contribution >= 4 is 0 Å². The Labute approximate surface area is 93.2 Å². The summed E-state index contributed by atoms with van der Waals surface area (Å²) in [5.41, 5.74) is 4.02. The summed E-state index contributed by atoms with van der Waals surface area (Å²) in [5.74, 6) is 0.605. The summed E-state index contributed by atoms with van der Waals surface area (Å²) in [5, 5.41) is 0. The Hall–Kier alpha value is -1.11. The second-order valence-electron chi connectivity index (χ2n) is 4.56. The van der Waals surface area contributed by atoms with Crippen molar-refractivity contribution < 1.29 is 0 Å². The lowest BCUT2D eigenvalue weighted by molar-refractivity contribution is 0.685. The maximum Gasteiger partial charge on any atom is 0.0302 e. The van der Waals surface area contributed by atoms with Crippen molar-refractivity contribution in [3.05, 3.63) is 41.2 Å². The lowest BCUT2D eigenvalue weighted by Crippen LogP contribution is -1.94. The molecule has 15 heavy (non-hydrogen) atoms. The molecule has 1 aromatic rings. The van der Waals surface area contributed by atoms with E-state index in [-0.39, 0.29) is 0 Å². The highest BCUT2D eigenvalue weighted by Gasteiger charge is 2.04. The molecule has 0 amide bonds. The highest BCUT2D eigenvalue weighted by molar-refractivity contribution is 5.20. The first-order valence-electron chi connectivity index (χ1n) is 5.64. The third-order valence-electron chi connectivity index (χ3n) is 2.62. The summed E-state index contributed by atoms with van der Waals surface area (Å²) in [6, 6.07) is 2.24. The molecule has 0 N–H and O–H groups in total. The van der Waals surface area contributed by atoms with Gasteiger partial charge in [-0.25, -0.2) is 0 Å². The molecule has 1 rings (SSSR count). The van der Waals surface area contributed by atoms with Crippen molar-refractivity contribution in [3.63, 3.8) is 0 Å². The molecule has 0 saturated carbocycles. The molecular weight excluding hydrogens is 182 g/mol. The van der Waals surface area contributed by atoms with Gasteiger partial charge in [-0.2, -0.15) is 0 Å². The first kappa shape index (κ1) is 12.0. The summed E-state index contributed by atoms with van der Waals surface area (Å²) < 4.78 is 0. The van der Waals surface area contributed by atoms with E-state index in [0.717, 1.165) is 6.42 Å². The quantitative estimate of drug-likeness (QED) is 0.667. The standard InChI is InChI=1S/C14H21N/c1-11(2)6-5-7-13(4)14-8-12(3)9-15-10-14/h6,8-10,13H,5,7H2,1-4H3. The highest BCUT2D eigenvalue weighted by atomic mass is 14.6. The number of aryl methyl sites for hydroxylation is 1. The van der Waals surface area contributed by atoms with Gasteiger partial charge in [-0.1, -0.05) is 24.6 Å². The zero-order chi connectivity index (χ0) is 11.3. The van der Waals surface area contributed by atoms with Gasteiger partial charge in [0.25, 0.3) is 0 Å². The topological polar surface area (TPSA) is 12.9 Å². The molecule has 1 heterocycles. The van der Waals surface area contributed by atoms with Gasteiger partial charge < -0.3 is 0 Å². The maximum atomic E-state index is 4.23. The Kier molecular flexibility index (Phi) is 4.54. The van der Waals surface area contributed by atoms with E-state index in [9.17, 15) is 0 Å². The molecular formula is C14H21N. The van der Waals surface area contributed by atoms with Crippen LogP contribution in [0.15, 0.2) is 30.1 Å². The van der Waals surface area contributed by atoms with Crippen LogP contribution < -0.4 is 0 Å². The van der Waals surface area contributed by atoms with Gasteiger partial charge in [-0.05, 0) is 50.7 Å². The van der Waals surface area contributed by atoms with Gasteiger partial charge in [-0.3, -0.25) is 4.98 Å². The molecule has 0 aromatic carbocycles. The number of hydrogen-bond donors (Lipinski definition) is 0. The van der Waals surface area contributed by atoms with E-state index in [2.05, 4.69) is 44.8 Å². The van der Waals surface area contributed by atoms with E-state index in [1.165, 1.54) is 23.1 Å². The molecule has 0 fully saturated rings. The van der Waals surface area contributed by atoms with Crippen LogP contribution >= 0.6 is 0 Å². The summed E-state index contributed by atoms with van der Waals surface area (Å²) in [6.07, 6.45) is 8.57. The van der Waals surface area contributed by atoms with Crippen LogP contribution in [0.3, 0.4) is 0 Å². The fraction of sp³-hybridized carbons (Fsp3) is 0.500. The molecule has 0 aliphatic heterocycles. The molecule has 0 aliphatic carbocycles. The van der Waals surface area contributed by atoms with E-state index >= 15 is 0 Å². The first-order chi connectivity index (χ1) is 7.09. The van der Waals surface area contributed by atoms with Crippen LogP contribution in [0.2, 0.25) is 0 Å². The summed E-state index contributed by atoms with van der Waals surface area (Å²) in [6.45, 7) is 8.67. The van der Waals surface area contributed by atoms with Crippen molar-refractivity contribution in [2.75, 3.05) is 0 Å². The SMILES string of the molecule is CC(C)=CCCC(C)c1cncc(C)c1. The molecule has 0 bridgehead atoms. The molecule has 1 unspecified atom stereocenters. The van der Waals surface area contributed by atoms with Gasteiger partial charge in [0, 0.05) is 12.4 Å². The highest BCUT2D eigenvalue weighted by Crippen LogP contribution is 2.20. The summed E-state index contributed by atoms with van der Waals surface area (Å²) in [7, 11) is 0. The Morgan fingerprint density at radius 2 is 2.13 bits per heavy atom. The van der Waals surface area contributed by atoms with Crippen LogP contribution in [-0.2, 0) is 0 Å². The predicted octanol–water partition coefficient (Wildman–Crippen LogP) is 4.24. The average Bonchev–Trinajstić information content (AvgIpc) is 2.17. The normalized spacial score (nSPS) is 12.3. The van der Waals surface area contributed by atoms with E-state index in [0.29, 0.717) is 5.92 Å². The fourth-order valence-corrected chi connectivity index (χ4v) is 1.64. The van der Waals surface area contributed by atoms with E-state index < -0.39 is 0 Å². The van der Waals surface area contributed by atoms with Gasteiger partial charge in [-0.15, -0.1) is 0 Å². The zero-order valence-corrected chi connectivity index (χ0v) is 10.2. The van der Waals surface area contributed by atoms with Crippen LogP contribution in [0, 0.1) is 6.92 Å². The number of aromatic nitrogens is 1.